The van der Waals surface area contributed by atoms with Crippen LogP contribution >= 0.6 is 0 Å². The Labute approximate surface area is 196 Å². The standard InChI is InChI=1S/C26H35N3O4/c1-3-15-29(16-4-2)26(31)20-7-9-21(10-8-20)27-18-25(30)28-22-11-13-23(14-12-22)33-19-24-6-5-17-32-24/h7-14,24,27H,3-6,15-19H2,1-2H3,(H,28,30). The molecule has 7 heteroatoms. The number of rotatable bonds is 12. The third kappa shape index (κ3) is 7.79. The lowest BCUT2D eigenvalue weighted by atomic mass is 10.1. The van der Waals surface area contributed by atoms with Crippen LogP contribution in [0.3, 0.4) is 0 Å². The van der Waals surface area contributed by atoms with Crippen molar-refractivity contribution in [2.45, 2.75) is 45.6 Å². The number of carbonyl (C=O) groups is 2. The van der Waals surface area contributed by atoms with E-state index in [2.05, 4.69) is 24.5 Å². The molecule has 33 heavy (non-hydrogen) atoms. The summed E-state index contributed by atoms with van der Waals surface area (Å²) in [7, 11) is 0. The molecular weight excluding hydrogens is 418 g/mol. The molecule has 0 spiro atoms. The zero-order chi connectivity index (χ0) is 23.5. The molecule has 1 atom stereocenters. The number of carbonyl (C=O) groups excluding carboxylic acids is 2. The number of nitrogens with one attached hydrogen (secondary N) is 2. The van der Waals surface area contributed by atoms with Crippen molar-refractivity contribution in [1.82, 2.24) is 4.90 Å². The van der Waals surface area contributed by atoms with Gasteiger partial charge in [-0.05, 0) is 74.2 Å². The van der Waals surface area contributed by atoms with Crippen LogP contribution in [0.25, 0.3) is 0 Å². The minimum atomic E-state index is -0.153. The van der Waals surface area contributed by atoms with Crippen LogP contribution in [0.15, 0.2) is 48.5 Å². The highest BCUT2D eigenvalue weighted by Gasteiger charge is 2.16. The van der Waals surface area contributed by atoms with Crippen molar-refractivity contribution in [3.8, 4) is 5.75 Å². The first kappa shape index (κ1) is 24.6. The smallest absolute Gasteiger partial charge is 0.253 e. The third-order valence-corrected chi connectivity index (χ3v) is 5.46. The van der Waals surface area contributed by atoms with E-state index in [4.69, 9.17) is 9.47 Å². The van der Waals surface area contributed by atoms with Gasteiger partial charge in [-0.2, -0.15) is 0 Å². The molecule has 1 aliphatic heterocycles. The molecule has 1 aliphatic rings. The lowest BCUT2D eigenvalue weighted by molar-refractivity contribution is -0.114. The monoisotopic (exact) mass is 453 g/mol. The van der Waals surface area contributed by atoms with Crippen molar-refractivity contribution in [1.29, 1.82) is 0 Å². The fourth-order valence-corrected chi connectivity index (χ4v) is 3.75. The fraction of sp³-hybridized carbons (Fsp3) is 0.462. The molecule has 2 aromatic carbocycles. The van der Waals surface area contributed by atoms with Gasteiger partial charge < -0.3 is 25.0 Å². The van der Waals surface area contributed by atoms with Gasteiger partial charge in [0.05, 0.1) is 12.6 Å². The zero-order valence-electron chi connectivity index (χ0n) is 19.6. The van der Waals surface area contributed by atoms with Crippen molar-refractivity contribution < 1.29 is 19.1 Å². The van der Waals surface area contributed by atoms with Gasteiger partial charge in [0.1, 0.15) is 12.4 Å². The molecule has 0 bridgehead atoms. The molecule has 0 aliphatic carbocycles. The van der Waals surface area contributed by atoms with E-state index < -0.39 is 0 Å². The predicted octanol–water partition coefficient (Wildman–Crippen LogP) is 4.56. The lowest BCUT2D eigenvalue weighted by Crippen LogP contribution is -2.32. The van der Waals surface area contributed by atoms with Gasteiger partial charge in [-0.3, -0.25) is 9.59 Å². The minimum Gasteiger partial charge on any atom is -0.491 e. The van der Waals surface area contributed by atoms with E-state index in [1.54, 1.807) is 12.1 Å². The molecular formula is C26H35N3O4. The van der Waals surface area contributed by atoms with Gasteiger partial charge in [0.15, 0.2) is 0 Å². The Morgan fingerprint density at radius 3 is 2.27 bits per heavy atom. The van der Waals surface area contributed by atoms with E-state index in [-0.39, 0.29) is 24.5 Å². The molecule has 0 aromatic heterocycles. The van der Waals surface area contributed by atoms with Crippen LogP contribution in [0.1, 0.15) is 49.9 Å². The quantitative estimate of drug-likeness (QED) is 0.493. The van der Waals surface area contributed by atoms with Crippen LogP contribution in [0.5, 0.6) is 5.75 Å². The van der Waals surface area contributed by atoms with E-state index in [1.165, 1.54) is 0 Å². The van der Waals surface area contributed by atoms with Gasteiger partial charge in [0.25, 0.3) is 5.91 Å². The van der Waals surface area contributed by atoms with Gasteiger partial charge in [-0.15, -0.1) is 0 Å². The van der Waals surface area contributed by atoms with E-state index >= 15 is 0 Å². The number of amides is 2. The highest BCUT2D eigenvalue weighted by Crippen LogP contribution is 2.18. The lowest BCUT2D eigenvalue weighted by Gasteiger charge is -2.21. The van der Waals surface area contributed by atoms with Crippen molar-refractivity contribution in [2.24, 2.45) is 0 Å². The largest absolute Gasteiger partial charge is 0.491 e. The summed E-state index contributed by atoms with van der Waals surface area (Å²) < 4.78 is 11.3. The van der Waals surface area contributed by atoms with Crippen LogP contribution in [0, 0.1) is 0 Å². The van der Waals surface area contributed by atoms with Gasteiger partial charge in [-0.25, -0.2) is 0 Å². The molecule has 178 valence electrons. The summed E-state index contributed by atoms with van der Waals surface area (Å²) in [6.07, 6.45) is 4.17. The van der Waals surface area contributed by atoms with E-state index in [1.807, 2.05) is 41.3 Å². The summed E-state index contributed by atoms with van der Waals surface area (Å²) in [5.74, 6) is 0.652. The summed E-state index contributed by atoms with van der Waals surface area (Å²) in [4.78, 5) is 26.8. The maximum absolute atomic E-state index is 12.7. The number of hydrogen-bond donors (Lipinski definition) is 2. The second-order valence-electron chi connectivity index (χ2n) is 8.24. The SMILES string of the molecule is CCCN(CCC)C(=O)c1ccc(NCC(=O)Nc2ccc(OCC3CCCO3)cc2)cc1. The number of nitrogens with zero attached hydrogens (tertiary/aromatic N) is 1. The van der Waals surface area contributed by atoms with Crippen LogP contribution in [0.4, 0.5) is 11.4 Å². The summed E-state index contributed by atoms with van der Waals surface area (Å²) in [5.41, 5.74) is 2.16. The maximum atomic E-state index is 12.7. The Kier molecular flexibility index (Phi) is 9.57. The second kappa shape index (κ2) is 12.8. The molecule has 7 nitrogen and oxygen atoms in total. The Morgan fingerprint density at radius 2 is 1.67 bits per heavy atom. The Hall–Kier alpha value is -3.06. The first-order valence-corrected chi connectivity index (χ1v) is 11.9. The van der Waals surface area contributed by atoms with Gasteiger partial charge in [0.2, 0.25) is 5.91 Å². The molecule has 2 aromatic rings. The van der Waals surface area contributed by atoms with Crippen molar-refractivity contribution >= 4 is 23.2 Å². The van der Waals surface area contributed by atoms with E-state index in [0.29, 0.717) is 17.9 Å². The zero-order valence-corrected chi connectivity index (χ0v) is 19.6. The van der Waals surface area contributed by atoms with Crippen LogP contribution in [-0.2, 0) is 9.53 Å². The molecule has 0 radical (unpaired) electrons. The summed E-state index contributed by atoms with van der Waals surface area (Å²) in [5, 5.41) is 5.96. The topological polar surface area (TPSA) is 79.9 Å². The fourth-order valence-electron chi connectivity index (χ4n) is 3.75. The van der Waals surface area contributed by atoms with Gasteiger partial charge in [0, 0.05) is 36.6 Å². The molecule has 1 saturated heterocycles. The Balaban J connectivity index is 1.43. The average Bonchev–Trinajstić information content (AvgIpc) is 3.36. The van der Waals surface area contributed by atoms with Gasteiger partial charge in [-0.1, -0.05) is 13.8 Å². The predicted molar refractivity (Wildman–Crippen MR) is 131 cm³/mol. The summed E-state index contributed by atoms with van der Waals surface area (Å²) in [6, 6.07) is 14.6. The Bertz CT molecular complexity index is 871. The number of hydrogen-bond acceptors (Lipinski definition) is 5. The molecule has 1 unspecified atom stereocenters. The second-order valence-corrected chi connectivity index (χ2v) is 8.24. The summed E-state index contributed by atoms with van der Waals surface area (Å²) >= 11 is 0. The van der Waals surface area contributed by atoms with Crippen molar-refractivity contribution in [3.63, 3.8) is 0 Å². The minimum absolute atomic E-state index is 0.0474. The first-order valence-electron chi connectivity index (χ1n) is 11.9. The van der Waals surface area contributed by atoms with Crippen LogP contribution in [0.2, 0.25) is 0 Å². The molecule has 2 amide bonds. The normalized spacial score (nSPS) is 15.2. The molecule has 1 heterocycles. The van der Waals surface area contributed by atoms with E-state index in [0.717, 1.165) is 56.8 Å². The van der Waals surface area contributed by atoms with Gasteiger partial charge >= 0.3 is 0 Å². The number of benzene rings is 2. The molecule has 1 fully saturated rings. The molecule has 2 N–H and O–H groups in total. The third-order valence-electron chi connectivity index (χ3n) is 5.46. The first-order chi connectivity index (χ1) is 16.1. The van der Waals surface area contributed by atoms with Crippen molar-refractivity contribution in [3.05, 3.63) is 54.1 Å². The molecule has 3 rings (SSSR count). The number of ether oxygens (including phenoxy) is 2. The van der Waals surface area contributed by atoms with E-state index in [9.17, 15) is 9.59 Å². The molecule has 0 saturated carbocycles. The van der Waals surface area contributed by atoms with Crippen LogP contribution < -0.4 is 15.4 Å². The Morgan fingerprint density at radius 1 is 1.00 bits per heavy atom. The van der Waals surface area contributed by atoms with Crippen LogP contribution in [-0.4, -0.2) is 55.7 Å². The maximum Gasteiger partial charge on any atom is 0.253 e. The average molecular weight is 454 g/mol. The highest BCUT2D eigenvalue weighted by molar-refractivity contribution is 5.95. The number of anilines is 2. The van der Waals surface area contributed by atoms with Crippen molar-refractivity contribution in [2.75, 3.05) is 43.5 Å². The summed E-state index contributed by atoms with van der Waals surface area (Å²) in [6.45, 7) is 7.15. The highest BCUT2D eigenvalue weighted by atomic mass is 16.5.